The van der Waals surface area contributed by atoms with Crippen LogP contribution in [0.4, 0.5) is 0 Å². The summed E-state index contributed by atoms with van der Waals surface area (Å²) in [7, 11) is 0. The highest BCUT2D eigenvalue weighted by Gasteiger charge is 2.22. The fourth-order valence-electron chi connectivity index (χ4n) is 8.02. The molecule has 4 nitrogen and oxygen atoms in total. The van der Waals surface area contributed by atoms with Gasteiger partial charge in [0.25, 0.3) is 0 Å². The van der Waals surface area contributed by atoms with Crippen LogP contribution < -0.4 is 0 Å². The molecule has 0 bridgehead atoms. The number of nitrogens with zero attached hydrogens (tertiary/aromatic N) is 4. The van der Waals surface area contributed by atoms with Gasteiger partial charge in [-0.3, -0.25) is 0 Å². The fraction of sp³-hybridized carbons (Fsp3) is 0. The number of thiophene rings is 1. The Morgan fingerprint density at radius 1 is 0.429 bits per heavy atom. The van der Waals surface area contributed by atoms with E-state index in [4.69, 9.17) is 15.1 Å². The zero-order chi connectivity index (χ0) is 37.0. The Morgan fingerprint density at radius 2 is 1.04 bits per heavy atom. The van der Waals surface area contributed by atoms with E-state index in [9.17, 15) is 0 Å². The number of rotatable bonds is 6. The van der Waals surface area contributed by atoms with E-state index in [1.807, 2.05) is 17.4 Å². The zero-order valence-electron chi connectivity index (χ0n) is 30.2. The van der Waals surface area contributed by atoms with E-state index in [0.29, 0.717) is 5.82 Å². The third-order valence-corrected chi connectivity index (χ3v) is 11.8. The SMILES string of the molecule is c1ccc(-c2cc(-c3cccc4sc5ccccc5c34)nc(-c3ccc(-c4cc5ccccc5c5c(-c6ccccc6)c(-c6ccccc6)nn45)cc3)n2)cc1. The van der Waals surface area contributed by atoms with E-state index < -0.39 is 0 Å². The molecular weight excluding hydrogens is 701 g/mol. The normalized spacial score (nSPS) is 11.6. The van der Waals surface area contributed by atoms with Crippen LogP contribution in [0.3, 0.4) is 0 Å². The topological polar surface area (TPSA) is 43.1 Å². The second-order valence-electron chi connectivity index (χ2n) is 14.0. The van der Waals surface area contributed by atoms with Gasteiger partial charge in [0.2, 0.25) is 0 Å². The van der Waals surface area contributed by atoms with Crippen molar-refractivity contribution in [1.82, 2.24) is 19.6 Å². The van der Waals surface area contributed by atoms with Gasteiger partial charge in [0, 0.05) is 58.9 Å². The first-order valence-corrected chi connectivity index (χ1v) is 19.6. The van der Waals surface area contributed by atoms with Crippen molar-refractivity contribution in [3.05, 3.63) is 194 Å². The van der Waals surface area contributed by atoms with E-state index in [0.717, 1.165) is 78.0 Å². The monoisotopic (exact) mass is 732 g/mol. The minimum atomic E-state index is 0.685. The molecule has 0 saturated carbocycles. The number of pyridine rings is 1. The van der Waals surface area contributed by atoms with Gasteiger partial charge in [0.15, 0.2) is 5.82 Å². The van der Waals surface area contributed by atoms with E-state index in [-0.39, 0.29) is 0 Å². The maximum Gasteiger partial charge on any atom is 0.160 e. The minimum absolute atomic E-state index is 0.685. The second-order valence-corrected chi connectivity index (χ2v) is 15.1. The third kappa shape index (κ3) is 5.40. The van der Waals surface area contributed by atoms with Gasteiger partial charge in [-0.2, -0.15) is 5.10 Å². The van der Waals surface area contributed by atoms with Crippen LogP contribution in [0.2, 0.25) is 0 Å². The molecule has 4 heterocycles. The molecule has 4 aromatic heterocycles. The van der Waals surface area contributed by atoms with Crippen molar-refractivity contribution in [2.45, 2.75) is 0 Å². The first kappa shape index (κ1) is 32.2. The molecule has 0 aliphatic rings. The maximum atomic E-state index is 5.39. The van der Waals surface area contributed by atoms with Crippen molar-refractivity contribution < 1.29 is 0 Å². The van der Waals surface area contributed by atoms with Gasteiger partial charge >= 0.3 is 0 Å². The third-order valence-electron chi connectivity index (χ3n) is 10.6. The van der Waals surface area contributed by atoms with Gasteiger partial charge in [-0.05, 0) is 35.2 Å². The van der Waals surface area contributed by atoms with Gasteiger partial charge in [-0.15, -0.1) is 11.3 Å². The summed E-state index contributed by atoms with van der Waals surface area (Å²) in [6.45, 7) is 0. The largest absolute Gasteiger partial charge is 0.231 e. The van der Waals surface area contributed by atoms with Crippen molar-refractivity contribution in [1.29, 1.82) is 0 Å². The lowest BCUT2D eigenvalue weighted by atomic mass is 9.97. The number of aromatic nitrogens is 4. The molecule has 262 valence electrons. The Labute approximate surface area is 327 Å². The molecule has 0 spiro atoms. The molecule has 56 heavy (non-hydrogen) atoms. The second kappa shape index (κ2) is 13.3. The van der Waals surface area contributed by atoms with Crippen LogP contribution in [-0.2, 0) is 0 Å². The fourth-order valence-corrected chi connectivity index (χ4v) is 9.15. The Hall–Kier alpha value is -7.21. The molecule has 0 radical (unpaired) electrons. The Kier molecular flexibility index (Phi) is 7.64. The molecule has 0 fully saturated rings. The lowest BCUT2D eigenvalue weighted by Crippen LogP contribution is -1.97. The lowest BCUT2D eigenvalue weighted by Gasteiger charge is -2.12. The molecular formula is C51H32N4S. The zero-order valence-corrected chi connectivity index (χ0v) is 31.0. The average Bonchev–Trinajstić information content (AvgIpc) is 3.87. The smallest absolute Gasteiger partial charge is 0.160 e. The molecule has 0 aliphatic carbocycles. The number of hydrogen-bond acceptors (Lipinski definition) is 4. The molecule has 0 amide bonds. The van der Waals surface area contributed by atoms with E-state index in [2.05, 4.69) is 193 Å². The number of benzene rings is 7. The van der Waals surface area contributed by atoms with Gasteiger partial charge in [-0.25, -0.2) is 14.5 Å². The standard InChI is InChI=1S/C51H32N4S/c1-4-15-33(16-5-1)42-32-43(40-24-14-26-46-48(40)41-23-12-13-25-45(41)56-46)53-51(52-42)37-29-27-34(28-30-37)44-31-38-21-10-11-22-39(38)50-47(35-17-6-2-7-18-35)49(54-55(44)50)36-19-8-3-9-20-36/h1-32H. The molecule has 0 atom stereocenters. The summed E-state index contributed by atoms with van der Waals surface area (Å²) in [6, 6.07) is 68.3. The van der Waals surface area contributed by atoms with Gasteiger partial charge < -0.3 is 0 Å². The summed E-state index contributed by atoms with van der Waals surface area (Å²) in [5, 5.41) is 10.2. The Morgan fingerprint density at radius 3 is 1.80 bits per heavy atom. The van der Waals surface area contributed by atoms with Crippen molar-refractivity contribution in [2.75, 3.05) is 0 Å². The summed E-state index contributed by atoms with van der Waals surface area (Å²) in [4.78, 5) is 10.5. The molecule has 0 N–H and O–H groups in total. The molecule has 11 aromatic rings. The predicted octanol–water partition coefficient (Wildman–Crippen LogP) is 13.6. The quantitative estimate of drug-likeness (QED) is 0.171. The van der Waals surface area contributed by atoms with Crippen LogP contribution in [0.5, 0.6) is 0 Å². The summed E-state index contributed by atoms with van der Waals surface area (Å²) >= 11 is 1.82. The highest BCUT2D eigenvalue weighted by atomic mass is 32.1. The van der Waals surface area contributed by atoms with Crippen LogP contribution in [0, 0.1) is 0 Å². The molecule has 5 heteroatoms. The number of fused-ring (bicyclic) bond motifs is 6. The van der Waals surface area contributed by atoms with Crippen molar-refractivity contribution >= 4 is 47.8 Å². The maximum absolute atomic E-state index is 5.39. The highest BCUT2D eigenvalue weighted by molar-refractivity contribution is 7.25. The summed E-state index contributed by atoms with van der Waals surface area (Å²) in [6.07, 6.45) is 0. The minimum Gasteiger partial charge on any atom is -0.231 e. The van der Waals surface area contributed by atoms with Gasteiger partial charge in [0.1, 0.15) is 5.69 Å². The van der Waals surface area contributed by atoms with Crippen LogP contribution in [0.1, 0.15) is 0 Å². The van der Waals surface area contributed by atoms with Gasteiger partial charge in [0.05, 0.1) is 22.6 Å². The predicted molar refractivity (Wildman–Crippen MR) is 234 cm³/mol. The summed E-state index contributed by atoms with van der Waals surface area (Å²) < 4.78 is 4.66. The lowest BCUT2D eigenvalue weighted by molar-refractivity contribution is 0.979. The van der Waals surface area contributed by atoms with Crippen LogP contribution >= 0.6 is 11.3 Å². The molecule has 0 aliphatic heterocycles. The molecule has 0 saturated heterocycles. The Bertz CT molecular complexity index is 3220. The van der Waals surface area contributed by atoms with Crippen LogP contribution in [0.25, 0.3) is 104 Å². The summed E-state index contributed by atoms with van der Waals surface area (Å²) in [5.41, 5.74) is 12.4. The summed E-state index contributed by atoms with van der Waals surface area (Å²) in [5.74, 6) is 0.685. The van der Waals surface area contributed by atoms with E-state index in [1.54, 1.807) is 0 Å². The van der Waals surface area contributed by atoms with E-state index in [1.165, 1.54) is 20.2 Å². The molecule has 11 rings (SSSR count). The van der Waals surface area contributed by atoms with E-state index >= 15 is 0 Å². The number of hydrogen-bond donors (Lipinski definition) is 0. The Balaban J connectivity index is 1.10. The van der Waals surface area contributed by atoms with Crippen molar-refractivity contribution in [3.8, 4) is 67.5 Å². The van der Waals surface area contributed by atoms with Gasteiger partial charge in [-0.1, -0.05) is 170 Å². The molecule has 0 unspecified atom stereocenters. The van der Waals surface area contributed by atoms with Crippen LogP contribution in [-0.4, -0.2) is 19.6 Å². The van der Waals surface area contributed by atoms with Crippen molar-refractivity contribution in [3.63, 3.8) is 0 Å². The highest BCUT2D eigenvalue weighted by Crippen LogP contribution is 2.42. The van der Waals surface area contributed by atoms with Crippen molar-refractivity contribution in [2.24, 2.45) is 0 Å². The average molecular weight is 733 g/mol. The molecule has 7 aromatic carbocycles. The first-order chi connectivity index (χ1) is 27.8. The van der Waals surface area contributed by atoms with Crippen LogP contribution in [0.15, 0.2) is 194 Å². The first-order valence-electron chi connectivity index (χ1n) is 18.8.